The summed E-state index contributed by atoms with van der Waals surface area (Å²) < 4.78 is 10.9. The van der Waals surface area contributed by atoms with Crippen LogP contribution in [0.3, 0.4) is 0 Å². The summed E-state index contributed by atoms with van der Waals surface area (Å²) in [7, 11) is 0. The number of benzene rings is 2. The van der Waals surface area contributed by atoms with Crippen molar-refractivity contribution in [2.24, 2.45) is 16.5 Å². The van der Waals surface area contributed by atoms with Gasteiger partial charge in [-0.2, -0.15) is 0 Å². The highest BCUT2D eigenvalue weighted by atomic mass is 16.5. The number of aliphatic hydroxyl groups excluding tert-OH is 3. The number of Topliss-reactive ketones (excluding diaryl/α,β-unsaturated/α-hetero) is 2. The van der Waals surface area contributed by atoms with Gasteiger partial charge in [-0.25, -0.2) is 5.10 Å². The molecule has 14 amide bonds. The summed E-state index contributed by atoms with van der Waals surface area (Å²) in [4.78, 5) is 234. The molecule has 2 aromatic heterocycles. The van der Waals surface area contributed by atoms with Crippen molar-refractivity contribution in [2.75, 3.05) is 65.8 Å². The van der Waals surface area contributed by atoms with Crippen molar-refractivity contribution in [3.8, 4) is 0 Å². The molecule has 44 heteroatoms. The van der Waals surface area contributed by atoms with Crippen LogP contribution in [-0.2, 0) is 105 Å². The number of tetrazole rings is 1. The molecule has 0 bridgehead atoms. The van der Waals surface area contributed by atoms with Crippen LogP contribution in [0.2, 0.25) is 0 Å². The first-order valence-electron chi connectivity index (χ1n) is 48.4. The number of hydrogen-bond acceptors (Lipinski definition) is 26. The Balaban J connectivity index is 0.958. The first-order valence-corrected chi connectivity index (χ1v) is 48.4. The lowest BCUT2D eigenvalue weighted by atomic mass is 9.99. The molecular formula is C94H143N23O21. The van der Waals surface area contributed by atoms with Gasteiger partial charge < -0.3 is 115 Å². The van der Waals surface area contributed by atoms with Crippen molar-refractivity contribution >= 4 is 117 Å². The van der Waals surface area contributed by atoms with E-state index in [1.807, 2.05) is 18.2 Å². The van der Waals surface area contributed by atoms with Crippen molar-refractivity contribution < 1.29 is 102 Å². The van der Waals surface area contributed by atoms with Crippen molar-refractivity contribution in [3.05, 3.63) is 89.5 Å². The Bertz CT molecular complexity index is 4650. The van der Waals surface area contributed by atoms with E-state index in [0.717, 1.165) is 60.2 Å². The van der Waals surface area contributed by atoms with Crippen molar-refractivity contribution in [2.45, 2.75) is 311 Å². The number of fused-ring (bicyclic) bond motifs is 2. The zero-order valence-electron chi connectivity index (χ0n) is 79.3. The summed E-state index contributed by atoms with van der Waals surface area (Å²) in [6.07, 6.45) is 18.3. The number of ether oxygens (including phenoxy) is 2. The van der Waals surface area contributed by atoms with E-state index >= 15 is 19.2 Å². The first-order chi connectivity index (χ1) is 66.5. The van der Waals surface area contributed by atoms with Crippen LogP contribution in [0.5, 0.6) is 0 Å². The van der Waals surface area contributed by atoms with Crippen LogP contribution in [0.25, 0.3) is 10.9 Å². The molecule has 7 rings (SSSR count). The molecule has 760 valence electrons. The molecule has 0 unspecified atom stereocenters. The molecule has 0 aliphatic carbocycles. The van der Waals surface area contributed by atoms with Crippen molar-refractivity contribution in [1.82, 2.24) is 99.6 Å². The zero-order chi connectivity index (χ0) is 99.9. The predicted molar refractivity (Wildman–Crippen MR) is 507 cm³/mol. The molecule has 3 aliphatic rings. The van der Waals surface area contributed by atoms with Gasteiger partial charge in [0.2, 0.25) is 82.7 Å². The van der Waals surface area contributed by atoms with E-state index in [9.17, 15) is 72.9 Å². The topological polar surface area (TPSA) is 670 Å². The number of aryl methyl sites for hydroxylation is 1. The lowest BCUT2D eigenvalue weighted by molar-refractivity contribution is -0.143. The minimum atomic E-state index is -1.76. The number of nitrogens with zero attached hydrogens (tertiary/aromatic N) is 5. The van der Waals surface area contributed by atoms with Gasteiger partial charge in [0.25, 0.3) is 0 Å². The normalized spacial score (nSPS) is 19.2. The van der Waals surface area contributed by atoms with E-state index in [2.05, 4.69) is 99.7 Å². The monoisotopic (exact) mass is 1930 g/mol. The summed E-state index contributed by atoms with van der Waals surface area (Å²) >= 11 is 0. The smallest absolute Gasteiger partial charge is 0.246 e. The molecule has 5 heterocycles. The first kappa shape index (κ1) is 112. The van der Waals surface area contributed by atoms with Gasteiger partial charge in [-0.15, -0.1) is 5.10 Å². The van der Waals surface area contributed by atoms with Gasteiger partial charge in [-0.1, -0.05) is 158 Å². The summed E-state index contributed by atoms with van der Waals surface area (Å²) in [6.45, 7) is 0.249. The lowest BCUT2D eigenvalue weighted by Crippen LogP contribution is -2.61. The van der Waals surface area contributed by atoms with Gasteiger partial charge in [0, 0.05) is 119 Å². The summed E-state index contributed by atoms with van der Waals surface area (Å²) in [5.74, 6) is -12.7. The number of nitrogens with two attached hydrogens (primary N) is 2. The Morgan fingerprint density at radius 2 is 1.22 bits per heavy atom. The van der Waals surface area contributed by atoms with E-state index in [1.165, 1.54) is 64.5 Å². The number of hydrogen-bond donors (Lipinski definition) is 21. The number of rotatable bonds is 57. The highest BCUT2D eigenvalue weighted by Crippen LogP contribution is 2.25. The molecule has 4 aromatic rings. The second kappa shape index (κ2) is 63.0. The molecule has 44 nitrogen and oxygen atoms in total. The average Bonchev–Trinajstić information content (AvgIpc) is 1.66. The quantitative estimate of drug-likeness (QED) is 0.0157. The third-order valence-corrected chi connectivity index (χ3v) is 24.0. The predicted octanol–water partition coefficient (Wildman–Crippen LogP) is -0.00973. The van der Waals surface area contributed by atoms with E-state index < -0.39 is 214 Å². The number of amides is 14. The van der Waals surface area contributed by atoms with Crippen molar-refractivity contribution in [1.29, 1.82) is 5.41 Å². The average molecular weight is 1930 g/mol. The van der Waals surface area contributed by atoms with Crippen LogP contribution in [-0.4, -0.2) is 291 Å². The number of guanidine groups is 1. The van der Waals surface area contributed by atoms with Crippen LogP contribution >= 0.6 is 0 Å². The second-order valence-electron chi connectivity index (χ2n) is 35.1. The zero-order valence-corrected chi connectivity index (χ0v) is 79.3. The van der Waals surface area contributed by atoms with Gasteiger partial charge in [0.05, 0.1) is 45.1 Å². The number of H-pyrrole nitrogens is 2. The minimum absolute atomic E-state index is 0.00987. The Hall–Kier alpha value is -12.6. The molecule has 23 N–H and O–H groups in total. The number of carbonyl (C=O) groups is 16. The Labute approximate surface area is 803 Å². The number of ketones is 2. The van der Waals surface area contributed by atoms with E-state index in [-0.39, 0.29) is 133 Å². The van der Waals surface area contributed by atoms with Crippen LogP contribution in [0.4, 0.5) is 0 Å². The van der Waals surface area contributed by atoms with Crippen LogP contribution < -0.4 is 80.6 Å². The minimum Gasteiger partial charge on any atom is -0.396 e. The van der Waals surface area contributed by atoms with E-state index in [4.69, 9.17) is 26.4 Å². The standard InChI is InChI=1S/C94H143N23O21/c1-3-4-33-69(84(127)109-73-40-39-64(121)31-20-17-21-34-67(60(2)120)104-89(132)75(52-62-55-101-68-35-25-24-32-66(62)68)110-85(128)70(36-27-45-100-94(96)97)106-88(131)74(51-61-28-18-16-19-29-61)112-92(135)78-54-65(122)57-117(78)93(73)136)105-87(130)72(43-47-118)108-90(133)76(53-63-30-26-44-98-63)111-86(129)71(41-42-79(95)123)107-91(134)77(58-119)103-82(125)56-102-83(126)59-138-50-49-137-48-46-99-81(124)38-23-15-13-11-9-7-5-6-8-10-12-14-22-37-80-113-115-116-114-80/h16,18-19,24-25,28-30,32,35,44,55,65,67,69-78,101,118-119,122H,3-15,17,20-23,26-27,31,33-34,36-43,45-54,56-59H2,1-2H3,(H2,95,123)(H,99,124)(H,102,126)(H,103,125)(H,104,132)(H,105,130)(H,106,131)(H,107,134)(H,108,133)(H,109,127)(H,110,128)(H,111,129)(H,112,135)(H4,96,97,100)(H,113,114,115,116)/t65-,67+,69+,70+,71+,72+,73+,74-,75+,76+,77+,78+/m1/s1. The fourth-order valence-corrected chi connectivity index (χ4v) is 16.3. The number of para-hydroxylation sites is 1. The SMILES string of the molecule is CCCC[C@H](NC(=O)[C@H](CCO)NC(=O)[C@H](CC1=CCC=N1)NC(=O)[C@H](CCC(N)=O)NC(=O)[C@H](CO)NC(=O)CNC(=O)COCCOCCNC(=O)CCCCCCCCCCCCCCCc1nnn[nH]1)C(=O)N[C@H]1CCC(=O)CCCCC[C@@H](C(C)=O)NC(=O)[C@H](Cc2c[nH]c3ccccc23)NC(=O)[C@H](CCCNC(=N)N)NC(=O)[C@@H](Cc2ccccc2)NC(=O)[C@@H]2C[C@@H](O)CN2C1=O. The maximum atomic E-state index is 15.4. The highest BCUT2D eigenvalue weighted by molar-refractivity contribution is 6.01. The van der Waals surface area contributed by atoms with Gasteiger partial charge >= 0.3 is 0 Å². The van der Waals surface area contributed by atoms with Crippen LogP contribution in [0.15, 0.2) is 77.6 Å². The third-order valence-electron chi connectivity index (χ3n) is 24.0. The molecule has 3 aliphatic heterocycles. The number of allylic oxidation sites excluding steroid dienone is 1. The number of unbranched alkanes of at least 4 members (excludes halogenated alkanes) is 13. The maximum Gasteiger partial charge on any atom is 0.246 e. The fourth-order valence-electron chi connectivity index (χ4n) is 16.3. The largest absolute Gasteiger partial charge is 0.396 e. The molecule has 12 atom stereocenters. The van der Waals surface area contributed by atoms with Gasteiger partial charge in [0.1, 0.15) is 78.6 Å². The van der Waals surface area contributed by atoms with Crippen molar-refractivity contribution in [3.63, 3.8) is 0 Å². The highest BCUT2D eigenvalue weighted by Gasteiger charge is 2.44. The number of carbonyl (C=O) groups excluding carboxylic acids is 16. The van der Waals surface area contributed by atoms with Gasteiger partial charge in [0.15, 0.2) is 11.7 Å². The summed E-state index contributed by atoms with van der Waals surface area (Å²) in [6, 6.07) is -1.15. The maximum absolute atomic E-state index is 15.4. The third kappa shape index (κ3) is 42.2. The molecule has 2 saturated heterocycles. The molecule has 138 heavy (non-hydrogen) atoms. The van der Waals surface area contributed by atoms with E-state index in [1.54, 1.807) is 55.6 Å². The fraction of sp³-hybridized carbons (Fsp3) is 0.628. The van der Waals surface area contributed by atoms with Gasteiger partial charge in [-0.05, 0) is 98.8 Å². The van der Waals surface area contributed by atoms with Crippen LogP contribution in [0, 0.1) is 5.41 Å². The summed E-state index contributed by atoms with van der Waals surface area (Å²) in [5, 5.41) is 88.6. The van der Waals surface area contributed by atoms with E-state index in [0.29, 0.717) is 43.2 Å². The lowest BCUT2D eigenvalue weighted by Gasteiger charge is -2.31. The molecule has 0 saturated carbocycles. The molecular weight excluding hydrogens is 1790 g/mol. The van der Waals surface area contributed by atoms with Gasteiger partial charge in [-0.3, -0.25) is 87.1 Å². The number of aromatic amines is 2. The summed E-state index contributed by atoms with van der Waals surface area (Å²) in [5.41, 5.74) is 13.3. The second-order valence-corrected chi connectivity index (χ2v) is 35.1. The number of aromatic nitrogens is 5. The number of primary amides is 1. The van der Waals surface area contributed by atoms with Crippen LogP contribution in [0.1, 0.15) is 236 Å². The molecule has 2 fully saturated rings. The molecule has 0 radical (unpaired) electrons. The Morgan fingerprint density at radius 1 is 0.594 bits per heavy atom. The number of aliphatic imine (C=N–C) groups is 1. The number of nitrogens with one attached hydrogen (secondary N) is 16. The Morgan fingerprint density at radius 3 is 1.88 bits per heavy atom. The molecule has 0 spiro atoms. The number of aliphatic hydroxyl groups is 3. The Kier molecular flexibility index (Phi) is 51.4. The molecule has 2 aromatic carbocycles.